The number of hydrogen-bond donors (Lipinski definition) is 0. The highest BCUT2D eigenvalue weighted by Gasteiger charge is 2.31. The van der Waals surface area contributed by atoms with Crippen LogP contribution in [0.2, 0.25) is 0 Å². The predicted molar refractivity (Wildman–Crippen MR) is 152 cm³/mol. The van der Waals surface area contributed by atoms with E-state index in [0.29, 0.717) is 23.3 Å². The number of allylic oxidation sites excluding steroid dienone is 2. The molecule has 0 spiro atoms. The number of unbranched alkanes of at least 4 members (excludes halogenated alkanes) is 2. The molecule has 39 heavy (non-hydrogen) atoms. The van der Waals surface area contributed by atoms with Crippen molar-refractivity contribution in [3.8, 4) is 0 Å². The second kappa shape index (κ2) is 13.0. The van der Waals surface area contributed by atoms with Gasteiger partial charge in [-0.25, -0.2) is 17.6 Å². The molecule has 0 bridgehead atoms. The van der Waals surface area contributed by atoms with Crippen molar-refractivity contribution in [2.45, 2.75) is 115 Å². The van der Waals surface area contributed by atoms with Gasteiger partial charge in [-0.2, -0.15) is 0 Å². The van der Waals surface area contributed by atoms with Gasteiger partial charge >= 0.3 is 0 Å². The summed E-state index contributed by atoms with van der Waals surface area (Å²) >= 11 is 0. The van der Waals surface area contributed by atoms with Crippen LogP contribution >= 0.6 is 0 Å². The maximum atomic E-state index is 15.3. The summed E-state index contributed by atoms with van der Waals surface area (Å²) in [5, 5.41) is 0. The molecule has 0 aliphatic heterocycles. The zero-order chi connectivity index (χ0) is 27.4. The van der Waals surface area contributed by atoms with E-state index in [1.165, 1.54) is 69.1 Å². The average Bonchev–Trinajstić information content (AvgIpc) is 2.96. The van der Waals surface area contributed by atoms with Crippen LogP contribution in [0.1, 0.15) is 132 Å². The Labute approximate surface area is 232 Å². The van der Waals surface area contributed by atoms with Crippen molar-refractivity contribution in [1.29, 1.82) is 0 Å². The molecular weight excluding hydrogens is 496 g/mol. The van der Waals surface area contributed by atoms with Crippen LogP contribution in [0.15, 0.2) is 36.4 Å². The molecule has 0 heterocycles. The van der Waals surface area contributed by atoms with Gasteiger partial charge in [0.05, 0.1) is 0 Å². The Kier molecular flexibility index (Phi) is 9.51. The van der Waals surface area contributed by atoms with Crippen molar-refractivity contribution in [1.82, 2.24) is 0 Å². The van der Waals surface area contributed by atoms with E-state index in [0.717, 1.165) is 62.0 Å². The Bertz CT molecular complexity index is 1110. The summed E-state index contributed by atoms with van der Waals surface area (Å²) < 4.78 is 56.0. The van der Waals surface area contributed by atoms with Crippen LogP contribution in [-0.2, 0) is 0 Å². The Balaban J connectivity index is 1.12. The standard InChI is InChI=1S/C35H44F4/c1-2-3-4-5-23-6-8-26(9-7-23)29-18-19-31(32(36)20-29)28-16-14-25(15-17-28)24-10-12-27(13-11-24)30-21-33(37)35(39)34(38)22-30/h16,18-27H,2-15,17H2,1H3. The quantitative estimate of drug-likeness (QED) is 0.177. The minimum atomic E-state index is -1.39. The lowest BCUT2D eigenvalue weighted by molar-refractivity contribution is 0.220. The van der Waals surface area contributed by atoms with Crippen LogP contribution < -0.4 is 0 Å². The first kappa shape index (κ1) is 28.4. The van der Waals surface area contributed by atoms with Crippen LogP contribution in [0.3, 0.4) is 0 Å². The number of benzene rings is 2. The molecule has 1 atom stereocenters. The van der Waals surface area contributed by atoms with E-state index in [4.69, 9.17) is 0 Å². The molecule has 212 valence electrons. The van der Waals surface area contributed by atoms with E-state index in [9.17, 15) is 13.2 Å². The van der Waals surface area contributed by atoms with Gasteiger partial charge in [0.25, 0.3) is 0 Å². The first-order valence-electron chi connectivity index (χ1n) is 15.6. The Morgan fingerprint density at radius 2 is 1.31 bits per heavy atom. The van der Waals surface area contributed by atoms with Crippen LogP contribution in [0.4, 0.5) is 17.6 Å². The van der Waals surface area contributed by atoms with E-state index < -0.39 is 17.5 Å². The molecule has 3 aliphatic carbocycles. The third kappa shape index (κ3) is 6.80. The lowest BCUT2D eigenvalue weighted by atomic mass is 9.70. The molecule has 0 saturated heterocycles. The molecule has 2 aromatic carbocycles. The molecule has 0 amide bonds. The second-order valence-corrected chi connectivity index (χ2v) is 12.6. The van der Waals surface area contributed by atoms with Crippen molar-refractivity contribution in [3.63, 3.8) is 0 Å². The molecule has 0 nitrogen and oxygen atoms in total. The summed E-state index contributed by atoms with van der Waals surface area (Å²) in [7, 11) is 0. The van der Waals surface area contributed by atoms with Crippen LogP contribution in [0.5, 0.6) is 0 Å². The summed E-state index contributed by atoms with van der Waals surface area (Å²) in [6.45, 7) is 2.26. The second-order valence-electron chi connectivity index (χ2n) is 12.6. The van der Waals surface area contributed by atoms with Crippen molar-refractivity contribution in [3.05, 3.63) is 76.4 Å². The molecular formula is C35H44F4. The molecule has 0 N–H and O–H groups in total. The minimum Gasteiger partial charge on any atom is -0.206 e. The Hall–Kier alpha value is -2.10. The average molecular weight is 541 g/mol. The smallest absolute Gasteiger partial charge is 0.194 e. The van der Waals surface area contributed by atoms with Crippen LogP contribution in [0, 0.1) is 41.0 Å². The van der Waals surface area contributed by atoms with Gasteiger partial charge in [-0.05, 0) is 135 Å². The maximum Gasteiger partial charge on any atom is 0.194 e. The molecule has 3 aliphatic rings. The van der Waals surface area contributed by atoms with E-state index in [1.807, 2.05) is 12.1 Å². The summed E-state index contributed by atoms with van der Waals surface area (Å²) in [4.78, 5) is 0. The number of hydrogen-bond acceptors (Lipinski definition) is 0. The van der Waals surface area contributed by atoms with Crippen molar-refractivity contribution in [2.75, 3.05) is 0 Å². The Morgan fingerprint density at radius 3 is 1.92 bits per heavy atom. The van der Waals surface area contributed by atoms with Gasteiger partial charge in [0.1, 0.15) is 5.82 Å². The minimum absolute atomic E-state index is 0.0680. The largest absolute Gasteiger partial charge is 0.206 e. The van der Waals surface area contributed by atoms with Crippen LogP contribution in [0.25, 0.3) is 5.57 Å². The lowest BCUT2D eigenvalue weighted by Crippen LogP contribution is -2.22. The molecule has 2 fully saturated rings. The highest BCUT2D eigenvalue weighted by atomic mass is 19.2. The lowest BCUT2D eigenvalue weighted by Gasteiger charge is -2.36. The topological polar surface area (TPSA) is 0 Å². The van der Waals surface area contributed by atoms with E-state index >= 15 is 4.39 Å². The SMILES string of the molecule is CCCCCC1CCC(c2ccc(C3=CCC(C4CCC(c5cc(F)c(F)c(F)c5)CC4)CC3)c(F)c2)CC1. The Morgan fingerprint density at radius 1 is 0.667 bits per heavy atom. The first-order chi connectivity index (χ1) is 18.9. The molecule has 0 aromatic heterocycles. The fraction of sp³-hybridized carbons (Fsp3) is 0.600. The van der Waals surface area contributed by atoms with E-state index in [1.54, 1.807) is 0 Å². The van der Waals surface area contributed by atoms with E-state index in [2.05, 4.69) is 19.1 Å². The number of rotatable bonds is 8. The van der Waals surface area contributed by atoms with Crippen molar-refractivity contribution in [2.24, 2.45) is 17.8 Å². The third-order valence-electron chi connectivity index (χ3n) is 10.2. The predicted octanol–water partition coefficient (Wildman–Crippen LogP) is 11.3. The summed E-state index contributed by atoms with van der Waals surface area (Å²) in [6.07, 6.45) is 19.2. The molecule has 0 radical (unpaired) electrons. The highest BCUT2D eigenvalue weighted by molar-refractivity contribution is 5.67. The van der Waals surface area contributed by atoms with Gasteiger partial charge in [-0.15, -0.1) is 0 Å². The van der Waals surface area contributed by atoms with Crippen molar-refractivity contribution < 1.29 is 17.6 Å². The highest BCUT2D eigenvalue weighted by Crippen LogP contribution is 2.45. The fourth-order valence-electron chi connectivity index (χ4n) is 7.78. The zero-order valence-corrected chi connectivity index (χ0v) is 23.5. The summed E-state index contributed by atoms with van der Waals surface area (Å²) in [5.74, 6) is -1.04. The fourth-order valence-corrected chi connectivity index (χ4v) is 7.78. The van der Waals surface area contributed by atoms with Gasteiger partial charge in [0.2, 0.25) is 0 Å². The maximum absolute atomic E-state index is 15.3. The molecule has 2 saturated carbocycles. The first-order valence-corrected chi connectivity index (χ1v) is 15.6. The molecule has 5 rings (SSSR count). The summed E-state index contributed by atoms with van der Waals surface area (Å²) in [6, 6.07) is 8.34. The van der Waals surface area contributed by atoms with Gasteiger partial charge in [0.15, 0.2) is 17.5 Å². The monoisotopic (exact) mass is 540 g/mol. The molecule has 1 unspecified atom stereocenters. The van der Waals surface area contributed by atoms with Crippen LogP contribution in [-0.4, -0.2) is 0 Å². The zero-order valence-electron chi connectivity index (χ0n) is 23.5. The number of halogens is 4. The van der Waals surface area contributed by atoms with Gasteiger partial charge in [-0.1, -0.05) is 50.8 Å². The van der Waals surface area contributed by atoms with Gasteiger partial charge < -0.3 is 0 Å². The molecule has 4 heteroatoms. The van der Waals surface area contributed by atoms with Gasteiger partial charge in [-0.3, -0.25) is 0 Å². The normalized spacial score (nSPS) is 27.8. The molecule has 2 aromatic rings. The third-order valence-corrected chi connectivity index (χ3v) is 10.2. The van der Waals surface area contributed by atoms with Crippen molar-refractivity contribution >= 4 is 5.57 Å². The van der Waals surface area contributed by atoms with E-state index in [-0.39, 0.29) is 11.7 Å². The van der Waals surface area contributed by atoms with Gasteiger partial charge in [0, 0.05) is 5.56 Å². The summed E-state index contributed by atoms with van der Waals surface area (Å²) in [5.41, 5.74) is 3.67.